The Bertz CT molecular complexity index is 576. The molecule has 2 aliphatic carbocycles. The Labute approximate surface area is 136 Å². The maximum Gasteiger partial charge on any atom is 0.338 e. The van der Waals surface area contributed by atoms with Gasteiger partial charge in [-0.05, 0) is 68.4 Å². The summed E-state index contributed by atoms with van der Waals surface area (Å²) in [4.78, 5) is 11.7. The van der Waals surface area contributed by atoms with Gasteiger partial charge in [-0.1, -0.05) is 12.5 Å². The molecular weight excluding hydrogens is 296 g/mol. The van der Waals surface area contributed by atoms with Gasteiger partial charge in [0.1, 0.15) is 0 Å². The molecule has 1 aromatic rings. The van der Waals surface area contributed by atoms with Crippen molar-refractivity contribution in [2.24, 2.45) is 11.8 Å². The molecule has 118 valence electrons. The van der Waals surface area contributed by atoms with Crippen molar-refractivity contribution in [3.63, 3.8) is 0 Å². The lowest BCUT2D eigenvalue weighted by Gasteiger charge is -2.24. The average Bonchev–Trinajstić information content (AvgIpc) is 3.10. The predicted octanol–water partition coefficient (Wildman–Crippen LogP) is 3.34. The molecule has 4 nitrogen and oxygen atoms in total. The van der Waals surface area contributed by atoms with Crippen LogP contribution in [0, 0.1) is 11.8 Å². The number of rotatable bonds is 4. The van der Waals surface area contributed by atoms with Crippen LogP contribution in [0.4, 0.5) is 5.69 Å². The van der Waals surface area contributed by atoms with Crippen LogP contribution in [0.25, 0.3) is 0 Å². The van der Waals surface area contributed by atoms with Crippen molar-refractivity contribution in [1.82, 2.24) is 5.32 Å². The number of fused-ring (bicyclic) bond motifs is 2. The second-order valence-corrected chi connectivity index (χ2v) is 6.59. The number of anilines is 1. The van der Waals surface area contributed by atoms with E-state index in [1.54, 1.807) is 19.1 Å². The number of carbonyl (C=O) groups is 1. The zero-order valence-electron chi connectivity index (χ0n) is 12.8. The maximum absolute atomic E-state index is 11.7. The van der Waals surface area contributed by atoms with Crippen molar-refractivity contribution in [1.29, 1.82) is 0 Å². The zero-order valence-corrected chi connectivity index (χ0v) is 13.6. The minimum atomic E-state index is -0.307. The number of nitrogens with one attached hydrogen (secondary N) is 2. The third kappa shape index (κ3) is 3.40. The SMILES string of the molecule is CCOC(=O)c1cccc(NC(=S)N[C@H]2C[C@H]3CC[C@H]2C3)c1. The summed E-state index contributed by atoms with van der Waals surface area (Å²) < 4.78 is 5.01. The van der Waals surface area contributed by atoms with Crippen molar-refractivity contribution in [3.05, 3.63) is 29.8 Å². The molecule has 0 radical (unpaired) electrons. The fraction of sp³-hybridized carbons (Fsp3) is 0.529. The Morgan fingerprint density at radius 3 is 2.91 bits per heavy atom. The van der Waals surface area contributed by atoms with Crippen molar-refractivity contribution in [2.45, 2.75) is 38.6 Å². The van der Waals surface area contributed by atoms with E-state index in [1.807, 2.05) is 12.1 Å². The molecule has 2 bridgehead atoms. The van der Waals surface area contributed by atoms with Gasteiger partial charge in [0.2, 0.25) is 0 Å². The molecule has 3 atom stereocenters. The summed E-state index contributed by atoms with van der Waals surface area (Å²) in [5.41, 5.74) is 1.35. The van der Waals surface area contributed by atoms with Gasteiger partial charge in [0.25, 0.3) is 0 Å². The van der Waals surface area contributed by atoms with Gasteiger partial charge in [-0.3, -0.25) is 0 Å². The van der Waals surface area contributed by atoms with E-state index in [2.05, 4.69) is 10.6 Å². The molecule has 0 aromatic heterocycles. The molecule has 1 aromatic carbocycles. The van der Waals surface area contributed by atoms with Crippen LogP contribution >= 0.6 is 12.2 Å². The van der Waals surface area contributed by atoms with Gasteiger partial charge in [-0.2, -0.15) is 0 Å². The monoisotopic (exact) mass is 318 g/mol. The van der Waals surface area contributed by atoms with E-state index in [1.165, 1.54) is 25.7 Å². The first-order valence-corrected chi connectivity index (χ1v) is 8.41. The largest absolute Gasteiger partial charge is 0.462 e. The number of thiocarbonyl (C=S) groups is 1. The number of esters is 1. The van der Waals surface area contributed by atoms with E-state index < -0.39 is 0 Å². The molecule has 0 amide bonds. The van der Waals surface area contributed by atoms with Crippen LogP contribution in [0.15, 0.2) is 24.3 Å². The lowest BCUT2D eigenvalue weighted by atomic mass is 9.96. The van der Waals surface area contributed by atoms with Gasteiger partial charge >= 0.3 is 5.97 Å². The number of ether oxygens (including phenoxy) is 1. The standard InChI is InChI=1S/C17H22N2O2S/c1-2-21-16(20)13-4-3-5-14(10-13)18-17(22)19-15-9-11-6-7-12(15)8-11/h3-5,10-12,15H,2,6-9H2,1H3,(H2,18,19,22)/t11-,12-,15-/m0/s1. The average molecular weight is 318 g/mol. The van der Waals surface area contributed by atoms with Crippen LogP contribution in [-0.2, 0) is 4.74 Å². The predicted molar refractivity (Wildman–Crippen MR) is 91.0 cm³/mol. The van der Waals surface area contributed by atoms with Crippen molar-refractivity contribution in [2.75, 3.05) is 11.9 Å². The van der Waals surface area contributed by atoms with E-state index in [0.29, 0.717) is 23.3 Å². The molecule has 0 aliphatic heterocycles. The minimum Gasteiger partial charge on any atom is -0.462 e. The highest BCUT2D eigenvalue weighted by Crippen LogP contribution is 2.44. The second-order valence-electron chi connectivity index (χ2n) is 6.18. The summed E-state index contributed by atoms with van der Waals surface area (Å²) >= 11 is 5.41. The molecule has 3 rings (SSSR count). The first-order chi connectivity index (χ1) is 10.7. The van der Waals surface area contributed by atoms with Crippen LogP contribution in [0.5, 0.6) is 0 Å². The Morgan fingerprint density at radius 2 is 2.23 bits per heavy atom. The van der Waals surface area contributed by atoms with Gasteiger partial charge in [0.15, 0.2) is 5.11 Å². The third-order valence-corrected chi connectivity index (χ3v) is 4.91. The minimum absolute atomic E-state index is 0.307. The smallest absolute Gasteiger partial charge is 0.338 e. The lowest BCUT2D eigenvalue weighted by molar-refractivity contribution is 0.0526. The summed E-state index contributed by atoms with van der Waals surface area (Å²) in [7, 11) is 0. The molecule has 2 N–H and O–H groups in total. The first kappa shape index (κ1) is 15.3. The summed E-state index contributed by atoms with van der Waals surface area (Å²) in [5.74, 6) is 1.35. The van der Waals surface area contributed by atoms with Crippen LogP contribution in [0.1, 0.15) is 43.0 Å². The molecule has 22 heavy (non-hydrogen) atoms. The quantitative estimate of drug-likeness (QED) is 0.659. The van der Waals surface area contributed by atoms with E-state index in [4.69, 9.17) is 17.0 Å². The third-order valence-electron chi connectivity index (χ3n) is 4.69. The second kappa shape index (κ2) is 6.65. The molecule has 2 fully saturated rings. The fourth-order valence-corrected chi connectivity index (χ4v) is 3.96. The van der Waals surface area contributed by atoms with Gasteiger partial charge in [0.05, 0.1) is 12.2 Å². The van der Waals surface area contributed by atoms with Crippen LogP contribution in [0.2, 0.25) is 0 Å². The normalized spacial score (nSPS) is 25.8. The van der Waals surface area contributed by atoms with Crippen LogP contribution in [-0.4, -0.2) is 23.7 Å². The molecule has 0 heterocycles. The van der Waals surface area contributed by atoms with Gasteiger partial charge in [-0.25, -0.2) is 4.79 Å². The molecule has 0 saturated heterocycles. The van der Waals surface area contributed by atoms with Crippen molar-refractivity contribution >= 4 is 29.0 Å². The van der Waals surface area contributed by atoms with Gasteiger partial charge in [0, 0.05) is 11.7 Å². The van der Waals surface area contributed by atoms with Crippen molar-refractivity contribution in [3.8, 4) is 0 Å². The Morgan fingerprint density at radius 1 is 1.36 bits per heavy atom. The van der Waals surface area contributed by atoms with E-state index >= 15 is 0 Å². The molecule has 2 saturated carbocycles. The first-order valence-electron chi connectivity index (χ1n) is 8.00. The van der Waals surface area contributed by atoms with E-state index in [0.717, 1.165) is 17.5 Å². The highest BCUT2D eigenvalue weighted by Gasteiger charge is 2.39. The lowest BCUT2D eigenvalue weighted by Crippen LogP contribution is -2.40. The Balaban J connectivity index is 1.57. The maximum atomic E-state index is 11.7. The van der Waals surface area contributed by atoms with E-state index in [-0.39, 0.29) is 5.97 Å². The van der Waals surface area contributed by atoms with Gasteiger partial charge < -0.3 is 15.4 Å². The van der Waals surface area contributed by atoms with Crippen LogP contribution < -0.4 is 10.6 Å². The molecule has 0 spiro atoms. The topological polar surface area (TPSA) is 50.4 Å². The summed E-state index contributed by atoms with van der Waals surface area (Å²) in [5, 5.41) is 7.25. The molecule has 2 aliphatic rings. The number of hydrogen-bond donors (Lipinski definition) is 2. The molecular formula is C17H22N2O2S. The van der Waals surface area contributed by atoms with Crippen molar-refractivity contribution < 1.29 is 9.53 Å². The summed E-state index contributed by atoms with van der Waals surface area (Å²) in [6.07, 6.45) is 5.28. The van der Waals surface area contributed by atoms with Crippen LogP contribution in [0.3, 0.4) is 0 Å². The fourth-order valence-electron chi connectivity index (χ4n) is 3.70. The highest BCUT2D eigenvalue weighted by atomic mass is 32.1. The summed E-state index contributed by atoms with van der Waals surface area (Å²) in [6, 6.07) is 7.75. The Kier molecular flexibility index (Phi) is 4.62. The highest BCUT2D eigenvalue weighted by molar-refractivity contribution is 7.80. The molecule has 5 heteroatoms. The number of benzene rings is 1. The molecule has 0 unspecified atom stereocenters. The van der Waals surface area contributed by atoms with Gasteiger partial charge in [-0.15, -0.1) is 0 Å². The zero-order chi connectivity index (χ0) is 15.5. The number of hydrogen-bond acceptors (Lipinski definition) is 3. The van der Waals surface area contributed by atoms with E-state index in [9.17, 15) is 4.79 Å². The summed E-state index contributed by atoms with van der Waals surface area (Å²) in [6.45, 7) is 2.18. The number of carbonyl (C=O) groups excluding carboxylic acids is 1. The Hall–Kier alpha value is -1.62.